The average Bonchev–Trinajstić information content (AvgIpc) is 2.64. The minimum Gasteiger partial charge on any atom is -0.453 e. The molecule has 2 aromatic carbocycles. The van der Waals surface area contributed by atoms with Gasteiger partial charge >= 0.3 is 10.6 Å². The standard InChI is InChI=1S/C18H20N2O4S/c1-25(16(19)20,17(21)23-12-14-8-4-2-5-9-14)18(22)24-13-15-10-6-3-7-11-15/h2-11H,12-13H2,1H3,(H3,19,20). The smallest absolute Gasteiger partial charge is 0.366 e. The van der Waals surface area contributed by atoms with Crippen molar-refractivity contribution in [2.24, 2.45) is 5.73 Å². The van der Waals surface area contributed by atoms with Gasteiger partial charge in [0.2, 0.25) is 0 Å². The molecule has 0 radical (unpaired) electrons. The average molecular weight is 360 g/mol. The minimum absolute atomic E-state index is 0.00150. The molecule has 0 heterocycles. The van der Waals surface area contributed by atoms with E-state index in [0.717, 1.165) is 11.1 Å². The van der Waals surface area contributed by atoms with Crippen LogP contribution in [0.5, 0.6) is 0 Å². The van der Waals surface area contributed by atoms with Gasteiger partial charge in [-0.25, -0.2) is 9.59 Å². The van der Waals surface area contributed by atoms with Gasteiger partial charge in [0.05, 0.1) is 0 Å². The maximum absolute atomic E-state index is 12.4. The Morgan fingerprint density at radius 2 is 1.24 bits per heavy atom. The Morgan fingerprint density at radius 1 is 0.880 bits per heavy atom. The molecule has 7 heteroatoms. The molecule has 0 aliphatic heterocycles. The van der Waals surface area contributed by atoms with E-state index in [4.69, 9.17) is 20.6 Å². The molecule has 2 rings (SSSR count). The molecule has 132 valence electrons. The highest BCUT2D eigenvalue weighted by Crippen LogP contribution is 2.47. The van der Waals surface area contributed by atoms with Crippen LogP contribution in [0.2, 0.25) is 0 Å². The van der Waals surface area contributed by atoms with Crippen LogP contribution in [0.1, 0.15) is 11.1 Å². The van der Waals surface area contributed by atoms with Crippen molar-refractivity contribution >= 4 is 25.8 Å². The zero-order valence-electron chi connectivity index (χ0n) is 13.8. The largest absolute Gasteiger partial charge is 0.453 e. The minimum atomic E-state index is -3.01. The summed E-state index contributed by atoms with van der Waals surface area (Å²) in [5.74, 6) is 0. The molecule has 3 N–H and O–H groups in total. The van der Waals surface area contributed by atoms with Crippen LogP contribution >= 0.6 is 10.0 Å². The Balaban J connectivity index is 2.03. The Bertz CT molecular complexity index is 695. The highest BCUT2D eigenvalue weighted by Gasteiger charge is 2.42. The number of nitrogens with two attached hydrogens (primary N) is 1. The molecule has 0 aromatic heterocycles. The number of nitrogens with one attached hydrogen (secondary N) is 1. The molecule has 2 aromatic rings. The molecule has 0 aliphatic carbocycles. The second-order valence-corrected chi connectivity index (χ2v) is 8.27. The van der Waals surface area contributed by atoms with Crippen molar-refractivity contribution < 1.29 is 19.1 Å². The summed E-state index contributed by atoms with van der Waals surface area (Å²) in [4.78, 5) is 24.9. The van der Waals surface area contributed by atoms with E-state index in [1.165, 1.54) is 6.26 Å². The lowest BCUT2D eigenvalue weighted by atomic mass is 10.2. The van der Waals surface area contributed by atoms with Crippen molar-refractivity contribution in [1.82, 2.24) is 0 Å². The molecule has 0 saturated carbocycles. The molecule has 25 heavy (non-hydrogen) atoms. The lowest BCUT2D eigenvalue weighted by Gasteiger charge is -2.28. The fourth-order valence-corrected chi connectivity index (χ4v) is 3.00. The van der Waals surface area contributed by atoms with Gasteiger partial charge in [-0.05, 0) is 17.4 Å². The molecule has 0 aliphatic rings. The predicted octanol–water partition coefficient (Wildman–Crippen LogP) is 3.99. The molecular formula is C18H20N2O4S. The second-order valence-electron chi connectivity index (χ2n) is 5.33. The van der Waals surface area contributed by atoms with Gasteiger partial charge in [-0.2, -0.15) is 0 Å². The van der Waals surface area contributed by atoms with Crippen molar-refractivity contribution in [3.8, 4) is 0 Å². The van der Waals surface area contributed by atoms with E-state index in [0.29, 0.717) is 0 Å². The first-order chi connectivity index (χ1) is 11.9. The van der Waals surface area contributed by atoms with Crippen molar-refractivity contribution in [2.75, 3.05) is 6.26 Å². The zero-order chi connectivity index (χ0) is 18.3. The monoisotopic (exact) mass is 360 g/mol. The summed E-state index contributed by atoms with van der Waals surface area (Å²) in [6.45, 7) is 0.00299. The summed E-state index contributed by atoms with van der Waals surface area (Å²) >= 11 is 0. The Hall–Kier alpha value is -2.80. The lowest BCUT2D eigenvalue weighted by molar-refractivity contribution is 0.161. The molecule has 0 fully saturated rings. The highest BCUT2D eigenvalue weighted by molar-refractivity contribution is 8.64. The predicted molar refractivity (Wildman–Crippen MR) is 98.7 cm³/mol. The van der Waals surface area contributed by atoms with Crippen LogP contribution < -0.4 is 5.73 Å². The Morgan fingerprint density at radius 3 is 1.56 bits per heavy atom. The van der Waals surface area contributed by atoms with E-state index in [2.05, 4.69) is 0 Å². The van der Waals surface area contributed by atoms with Crippen molar-refractivity contribution in [3.63, 3.8) is 0 Å². The normalized spacial score (nSPS) is 11.4. The van der Waals surface area contributed by atoms with Gasteiger partial charge in [0, 0.05) is 10.0 Å². The number of carbonyl (C=O) groups excluding carboxylic acids is 2. The van der Waals surface area contributed by atoms with E-state index in [1.807, 2.05) is 36.4 Å². The van der Waals surface area contributed by atoms with Crippen LogP contribution in [0.25, 0.3) is 0 Å². The summed E-state index contributed by atoms with van der Waals surface area (Å²) in [7, 11) is -3.01. The van der Waals surface area contributed by atoms with E-state index in [1.54, 1.807) is 24.3 Å². The topological polar surface area (TPSA) is 102 Å². The molecule has 0 amide bonds. The van der Waals surface area contributed by atoms with Crippen LogP contribution in [-0.2, 0) is 22.7 Å². The van der Waals surface area contributed by atoms with Gasteiger partial charge in [-0.1, -0.05) is 60.7 Å². The highest BCUT2D eigenvalue weighted by atomic mass is 32.3. The number of amidine groups is 1. The van der Waals surface area contributed by atoms with Crippen LogP contribution in [0.4, 0.5) is 9.59 Å². The van der Waals surface area contributed by atoms with E-state index in [-0.39, 0.29) is 13.2 Å². The maximum atomic E-state index is 12.4. The Labute approximate surface area is 147 Å². The van der Waals surface area contributed by atoms with Gasteiger partial charge in [-0.15, -0.1) is 0 Å². The fraction of sp³-hybridized carbons (Fsp3) is 0.167. The van der Waals surface area contributed by atoms with E-state index >= 15 is 0 Å². The fourth-order valence-electron chi connectivity index (χ4n) is 1.92. The van der Waals surface area contributed by atoms with Gasteiger partial charge in [0.15, 0.2) is 5.17 Å². The molecule has 0 spiro atoms. The molecular weight excluding hydrogens is 340 g/mol. The summed E-state index contributed by atoms with van der Waals surface area (Å²) in [6, 6.07) is 18.1. The van der Waals surface area contributed by atoms with E-state index < -0.39 is 25.8 Å². The SMILES string of the molecule is CS(C(=N)N)(C(=O)OCc1ccccc1)C(=O)OCc1ccccc1. The maximum Gasteiger partial charge on any atom is 0.366 e. The third kappa shape index (κ3) is 4.60. The van der Waals surface area contributed by atoms with Crippen molar-refractivity contribution in [2.45, 2.75) is 13.2 Å². The van der Waals surface area contributed by atoms with E-state index in [9.17, 15) is 9.59 Å². The molecule has 0 bridgehead atoms. The van der Waals surface area contributed by atoms with Gasteiger partial charge < -0.3 is 15.2 Å². The summed E-state index contributed by atoms with van der Waals surface area (Å²) < 4.78 is 10.4. The number of carbonyl (C=O) groups is 2. The summed E-state index contributed by atoms with van der Waals surface area (Å²) in [6.07, 6.45) is 1.32. The number of rotatable bonds is 4. The number of hydrogen-bond donors (Lipinski definition) is 2. The second kappa shape index (κ2) is 8.34. The number of hydrogen-bond acceptors (Lipinski definition) is 5. The molecule has 6 nitrogen and oxygen atoms in total. The van der Waals surface area contributed by atoms with Crippen LogP contribution in [-0.4, -0.2) is 22.0 Å². The van der Waals surface area contributed by atoms with Crippen LogP contribution in [0.3, 0.4) is 0 Å². The first-order valence-corrected chi connectivity index (χ1v) is 9.52. The third-order valence-electron chi connectivity index (χ3n) is 3.51. The number of benzene rings is 2. The van der Waals surface area contributed by atoms with Gasteiger partial charge in [-0.3, -0.25) is 5.41 Å². The molecule has 0 atom stereocenters. The first kappa shape index (κ1) is 18.5. The first-order valence-electron chi connectivity index (χ1n) is 7.48. The number of ether oxygens (including phenoxy) is 2. The Kier molecular flexibility index (Phi) is 6.19. The zero-order valence-corrected chi connectivity index (χ0v) is 14.6. The van der Waals surface area contributed by atoms with Crippen molar-refractivity contribution in [1.29, 1.82) is 5.41 Å². The summed E-state index contributed by atoms with van der Waals surface area (Å²) in [5.41, 5.74) is 7.08. The lowest BCUT2D eigenvalue weighted by Crippen LogP contribution is -2.32. The van der Waals surface area contributed by atoms with Crippen molar-refractivity contribution in [3.05, 3.63) is 71.8 Å². The van der Waals surface area contributed by atoms with Gasteiger partial charge in [0.25, 0.3) is 0 Å². The van der Waals surface area contributed by atoms with Crippen LogP contribution in [0, 0.1) is 5.41 Å². The van der Waals surface area contributed by atoms with Crippen LogP contribution in [0.15, 0.2) is 60.7 Å². The van der Waals surface area contributed by atoms with Gasteiger partial charge in [0.1, 0.15) is 13.2 Å². The quantitative estimate of drug-likeness (QED) is 0.487. The molecule has 0 unspecified atom stereocenters. The third-order valence-corrected chi connectivity index (χ3v) is 5.95. The molecule has 0 saturated heterocycles. The summed E-state index contributed by atoms with van der Waals surface area (Å²) in [5, 5.41) is 5.49.